The highest BCUT2D eigenvalue weighted by Crippen LogP contribution is 2.26. The monoisotopic (exact) mass is 297 g/mol. The van der Waals surface area contributed by atoms with Crippen molar-refractivity contribution in [3.63, 3.8) is 0 Å². The maximum Gasteiger partial charge on any atom is 0.0511 e. The lowest BCUT2D eigenvalue weighted by Gasteiger charge is -2.36. The van der Waals surface area contributed by atoms with Gasteiger partial charge in [-0.05, 0) is 42.2 Å². The van der Waals surface area contributed by atoms with Crippen molar-refractivity contribution in [2.75, 3.05) is 45.2 Å². The van der Waals surface area contributed by atoms with Gasteiger partial charge >= 0.3 is 0 Å². The molecule has 2 rings (SSSR count). The molecule has 1 unspecified atom stereocenters. The van der Waals surface area contributed by atoms with Gasteiger partial charge in [0.1, 0.15) is 0 Å². The van der Waals surface area contributed by atoms with Gasteiger partial charge in [-0.25, -0.2) is 0 Å². The van der Waals surface area contributed by atoms with Gasteiger partial charge in [0.05, 0.1) is 5.69 Å². The molecule has 1 saturated heterocycles. The molecular formula is C13H20BrN3. The molecule has 1 aromatic carbocycles. The quantitative estimate of drug-likeness (QED) is 0.918. The van der Waals surface area contributed by atoms with Crippen molar-refractivity contribution in [3.05, 3.63) is 28.7 Å². The summed E-state index contributed by atoms with van der Waals surface area (Å²) >= 11 is 3.63. The van der Waals surface area contributed by atoms with Crippen LogP contribution >= 0.6 is 15.9 Å². The first-order valence-electron chi connectivity index (χ1n) is 6.04. The van der Waals surface area contributed by atoms with Crippen LogP contribution in [0.4, 0.5) is 5.69 Å². The SMILES string of the molecule is CN(C)CC1CN(c2ccccc2Br)CCN1. The topological polar surface area (TPSA) is 18.5 Å². The van der Waals surface area contributed by atoms with Crippen LogP contribution in [0.15, 0.2) is 28.7 Å². The summed E-state index contributed by atoms with van der Waals surface area (Å²) in [6.45, 7) is 4.29. The Labute approximate surface area is 112 Å². The molecule has 0 amide bonds. The van der Waals surface area contributed by atoms with Gasteiger partial charge in [0, 0.05) is 36.7 Å². The fraction of sp³-hybridized carbons (Fsp3) is 0.538. The molecular weight excluding hydrogens is 278 g/mol. The number of nitrogens with one attached hydrogen (secondary N) is 1. The Kier molecular flexibility index (Phi) is 4.42. The first kappa shape index (κ1) is 12.9. The zero-order valence-corrected chi connectivity index (χ0v) is 12.1. The van der Waals surface area contributed by atoms with E-state index >= 15 is 0 Å². The fourth-order valence-corrected chi connectivity index (χ4v) is 2.85. The van der Waals surface area contributed by atoms with Crippen molar-refractivity contribution in [1.82, 2.24) is 10.2 Å². The number of rotatable bonds is 3. The van der Waals surface area contributed by atoms with Crippen LogP contribution in [0.3, 0.4) is 0 Å². The van der Waals surface area contributed by atoms with Crippen LogP contribution in [-0.2, 0) is 0 Å². The standard InChI is InChI=1S/C13H20BrN3/c1-16(2)9-11-10-17(8-7-15-11)13-6-4-3-5-12(13)14/h3-6,11,15H,7-10H2,1-2H3. The molecule has 0 aromatic heterocycles. The Morgan fingerprint density at radius 3 is 2.88 bits per heavy atom. The third-order valence-corrected chi connectivity index (χ3v) is 3.70. The van der Waals surface area contributed by atoms with Gasteiger partial charge in [0.2, 0.25) is 0 Å². The van der Waals surface area contributed by atoms with Gasteiger partial charge in [-0.1, -0.05) is 12.1 Å². The summed E-state index contributed by atoms with van der Waals surface area (Å²) in [6.07, 6.45) is 0. The first-order chi connectivity index (χ1) is 8.16. The number of halogens is 1. The third kappa shape index (κ3) is 3.44. The molecule has 1 fully saturated rings. The molecule has 1 heterocycles. The fourth-order valence-electron chi connectivity index (χ4n) is 2.32. The number of hydrogen-bond acceptors (Lipinski definition) is 3. The number of benzene rings is 1. The van der Waals surface area contributed by atoms with Gasteiger partial charge in [0.25, 0.3) is 0 Å². The molecule has 1 aliphatic heterocycles. The molecule has 1 aliphatic rings. The minimum atomic E-state index is 0.547. The average molecular weight is 298 g/mol. The zero-order chi connectivity index (χ0) is 12.3. The molecule has 0 spiro atoms. The maximum atomic E-state index is 3.63. The van der Waals surface area contributed by atoms with Gasteiger partial charge in [-0.2, -0.15) is 0 Å². The van der Waals surface area contributed by atoms with Crippen LogP contribution in [0.2, 0.25) is 0 Å². The van der Waals surface area contributed by atoms with E-state index in [2.05, 4.69) is 69.4 Å². The molecule has 17 heavy (non-hydrogen) atoms. The summed E-state index contributed by atoms with van der Waals surface area (Å²) in [6, 6.07) is 9.00. The number of piperazine rings is 1. The Hall–Kier alpha value is -0.580. The molecule has 1 atom stereocenters. The summed E-state index contributed by atoms with van der Waals surface area (Å²) in [7, 11) is 4.25. The van der Waals surface area contributed by atoms with E-state index in [9.17, 15) is 0 Å². The normalized spacial score (nSPS) is 20.9. The van der Waals surface area contributed by atoms with Crippen molar-refractivity contribution in [2.45, 2.75) is 6.04 Å². The molecule has 1 aromatic rings. The minimum absolute atomic E-state index is 0.547. The van der Waals surface area contributed by atoms with E-state index in [1.165, 1.54) is 10.2 Å². The van der Waals surface area contributed by atoms with Gasteiger partial charge in [-0.3, -0.25) is 0 Å². The predicted octanol–water partition coefficient (Wildman–Crippen LogP) is 1.79. The highest BCUT2D eigenvalue weighted by atomic mass is 79.9. The average Bonchev–Trinajstić information content (AvgIpc) is 2.29. The molecule has 94 valence electrons. The Morgan fingerprint density at radius 2 is 2.18 bits per heavy atom. The van der Waals surface area contributed by atoms with Crippen LogP contribution in [0.5, 0.6) is 0 Å². The molecule has 0 aliphatic carbocycles. The Bertz CT molecular complexity index is 367. The molecule has 3 nitrogen and oxygen atoms in total. The minimum Gasteiger partial charge on any atom is -0.368 e. The van der Waals surface area contributed by atoms with E-state index in [4.69, 9.17) is 0 Å². The van der Waals surface area contributed by atoms with E-state index in [1.54, 1.807) is 0 Å². The van der Waals surface area contributed by atoms with E-state index in [-0.39, 0.29) is 0 Å². The second-order valence-electron chi connectivity index (χ2n) is 4.81. The highest BCUT2D eigenvalue weighted by molar-refractivity contribution is 9.10. The molecule has 0 radical (unpaired) electrons. The summed E-state index contributed by atoms with van der Waals surface area (Å²) in [5.74, 6) is 0. The molecule has 1 N–H and O–H groups in total. The van der Waals surface area contributed by atoms with Crippen molar-refractivity contribution < 1.29 is 0 Å². The Balaban J connectivity index is 2.04. The Morgan fingerprint density at radius 1 is 1.41 bits per heavy atom. The van der Waals surface area contributed by atoms with E-state index < -0.39 is 0 Å². The summed E-state index contributed by atoms with van der Waals surface area (Å²) < 4.78 is 1.19. The largest absolute Gasteiger partial charge is 0.368 e. The van der Waals surface area contributed by atoms with Crippen LogP contribution in [0, 0.1) is 0 Å². The van der Waals surface area contributed by atoms with Gasteiger partial charge in [0.15, 0.2) is 0 Å². The number of nitrogens with zero attached hydrogens (tertiary/aromatic N) is 2. The van der Waals surface area contributed by atoms with E-state index in [0.29, 0.717) is 6.04 Å². The summed E-state index contributed by atoms with van der Waals surface area (Å²) in [5.41, 5.74) is 1.30. The number of para-hydroxylation sites is 1. The van der Waals surface area contributed by atoms with Crippen molar-refractivity contribution in [2.24, 2.45) is 0 Å². The summed E-state index contributed by atoms with van der Waals surface area (Å²) in [4.78, 5) is 4.69. The lowest BCUT2D eigenvalue weighted by Crippen LogP contribution is -2.54. The lowest BCUT2D eigenvalue weighted by atomic mass is 10.1. The molecule has 0 saturated carbocycles. The first-order valence-corrected chi connectivity index (χ1v) is 6.83. The molecule has 0 bridgehead atoms. The number of anilines is 1. The maximum absolute atomic E-state index is 3.63. The summed E-state index contributed by atoms with van der Waals surface area (Å²) in [5, 5.41) is 3.57. The van der Waals surface area contributed by atoms with Crippen LogP contribution in [0.1, 0.15) is 0 Å². The van der Waals surface area contributed by atoms with E-state index in [0.717, 1.165) is 26.2 Å². The second kappa shape index (κ2) is 5.85. The predicted molar refractivity (Wildman–Crippen MR) is 76.7 cm³/mol. The van der Waals surface area contributed by atoms with Crippen LogP contribution in [0.25, 0.3) is 0 Å². The second-order valence-corrected chi connectivity index (χ2v) is 5.67. The number of hydrogen-bond donors (Lipinski definition) is 1. The van der Waals surface area contributed by atoms with Gasteiger partial charge in [-0.15, -0.1) is 0 Å². The number of likely N-dealkylation sites (N-methyl/N-ethyl adjacent to an activating group) is 1. The van der Waals surface area contributed by atoms with Crippen molar-refractivity contribution in [1.29, 1.82) is 0 Å². The third-order valence-electron chi connectivity index (χ3n) is 3.03. The highest BCUT2D eigenvalue weighted by Gasteiger charge is 2.20. The van der Waals surface area contributed by atoms with Crippen LogP contribution in [-0.4, -0.2) is 51.2 Å². The zero-order valence-electron chi connectivity index (χ0n) is 10.5. The van der Waals surface area contributed by atoms with E-state index in [1.807, 2.05) is 0 Å². The lowest BCUT2D eigenvalue weighted by molar-refractivity contribution is 0.323. The van der Waals surface area contributed by atoms with Gasteiger partial charge < -0.3 is 15.1 Å². The van der Waals surface area contributed by atoms with Crippen LogP contribution < -0.4 is 10.2 Å². The molecule has 4 heteroatoms. The van der Waals surface area contributed by atoms with Crippen molar-refractivity contribution in [3.8, 4) is 0 Å². The van der Waals surface area contributed by atoms with Crippen molar-refractivity contribution >= 4 is 21.6 Å². The smallest absolute Gasteiger partial charge is 0.0511 e.